The third-order valence-corrected chi connectivity index (χ3v) is 2.67. The smallest absolute Gasteiger partial charge is 0.331 e. The second kappa shape index (κ2) is 6.06. The summed E-state index contributed by atoms with van der Waals surface area (Å²) < 4.78 is 10.7. The van der Waals surface area contributed by atoms with Gasteiger partial charge in [-0.3, -0.25) is 0 Å². The average Bonchev–Trinajstić information content (AvgIpc) is 2.51. The highest BCUT2D eigenvalue weighted by Gasteiger charge is 2.10. The molecule has 2 aromatic carbocycles. The Labute approximate surface area is 130 Å². The zero-order valence-corrected chi connectivity index (χ0v) is 11.6. The standard InChI is InChI=1S/C15H11N3O5/c19-9-1-5-11(6-2-9)22-14-16-13(21)17-15(18-14)23-12-7-3-10(20)4-8-12/h1-8,19-20H,(H,16,17,18,21). The van der Waals surface area contributed by atoms with Crippen LogP contribution >= 0.6 is 0 Å². The molecule has 0 aliphatic heterocycles. The van der Waals surface area contributed by atoms with Gasteiger partial charge in [-0.25, -0.2) is 0 Å². The van der Waals surface area contributed by atoms with E-state index >= 15 is 0 Å². The first-order valence-corrected chi connectivity index (χ1v) is 6.47. The third kappa shape index (κ3) is 3.76. The zero-order chi connectivity index (χ0) is 16.2. The Hall–Kier alpha value is -3.55. The van der Waals surface area contributed by atoms with Crippen LogP contribution in [-0.2, 0) is 0 Å². The molecule has 3 rings (SSSR count). The van der Waals surface area contributed by atoms with E-state index in [9.17, 15) is 15.3 Å². The monoisotopic (exact) mass is 313 g/mol. The number of phenols is 2. The van der Waals surface area contributed by atoms with Crippen LogP contribution in [0, 0.1) is 0 Å². The Kier molecular flexibility index (Phi) is 3.79. The minimum absolute atomic E-state index is 0.0900. The number of aromatic nitrogens is 3. The van der Waals surface area contributed by atoms with Crippen molar-refractivity contribution in [3.05, 3.63) is 48.5 Å². The topological polar surface area (TPSA) is 118 Å². The Morgan fingerprint density at radius 1 is 0.565 bits per heavy atom. The summed E-state index contributed by atoms with van der Waals surface area (Å²) in [6.45, 7) is 0. The fourth-order valence-corrected chi connectivity index (χ4v) is 1.66. The van der Waals surface area contributed by atoms with Gasteiger partial charge in [-0.05, 0) is 48.5 Å². The quantitative estimate of drug-likeness (QED) is 0.672. The SMILES string of the molecule is Oc1ccc(Oc2nc(O)nc(Oc3ccc(O)cc3)n2)cc1. The van der Waals surface area contributed by atoms with Crippen molar-refractivity contribution in [2.75, 3.05) is 0 Å². The van der Waals surface area contributed by atoms with Crippen LogP contribution in [0.1, 0.15) is 0 Å². The molecule has 23 heavy (non-hydrogen) atoms. The van der Waals surface area contributed by atoms with Crippen molar-refractivity contribution >= 4 is 0 Å². The Morgan fingerprint density at radius 3 is 1.35 bits per heavy atom. The fourth-order valence-electron chi connectivity index (χ4n) is 1.66. The van der Waals surface area contributed by atoms with E-state index in [1.54, 1.807) is 0 Å². The van der Waals surface area contributed by atoms with Crippen molar-refractivity contribution < 1.29 is 24.8 Å². The molecular weight excluding hydrogens is 302 g/mol. The maximum absolute atomic E-state index is 9.54. The molecule has 0 saturated heterocycles. The van der Waals surface area contributed by atoms with Gasteiger partial charge in [0.1, 0.15) is 23.0 Å². The predicted octanol–water partition coefficient (Wildman–Crippen LogP) is 2.57. The molecule has 0 fully saturated rings. The van der Waals surface area contributed by atoms with Crippen molar-refractivity contribution in [3.63, 3.8) is 0 Å². The van der Waals surface area contributed by atoms with Crippen LogP contribution in [0.3, 0.4) is 0 Å². The maximum Gasteiger partial charge on any atom is 0.331 e. The molecule has 0 aliphatic carbocycles. The highest BCUT2D eigenvalue weighted by molar-refractivity contribution is 5.33. The minimum atomic E-state index is -0.567. The van der Waals surface area contributed by atoms with Crippen LogP contribution in [0.25, 0.3) is 0 Å². The van der Waals surface area contributed by atoms with Crippen molar-refractivity contribution in [2.45, 2.75) is 0 Å². The van der Waals surface area contributed by atoms with E-state index in [2.05, 4.69) is 15.0 Å². The molecular formula is C15H11N3O5. The number of aromatic hydroxyl groups is 3. The van der Waals surface area contributed by atoms with Gasteiger partial charge < -0.3 is 24.8 Å². The van der Waals surface area contributed by atoms with Crippen LogP contribution in [0.15, 0.2) is 48.5 Å². The minimum Gasteiger partial charge on any atom is -0.508 e. The summed E-state index contributed by atoms with van der Waals surface area (Å²) in [4.78, 5) is 11.2. The van der Waals surface area contributed by atoms with Gasteiger partial charge in [0.15, 0.2) is 0 Å². The Balaban J connectivity index is 1.81. The zero-order valence-electron chi connectivity index (χ0n) is 11.6. The Morgan fingerprint density at radius 2 is 0.957 bits per heavy atom. The van der Waals surface area contributed by atoms with E-state index in [4.69, 9.17) is 9.47 Å². The normalized spacial score (nSPS) is 10.3. The van der Waals surface area contributed by atoms with Crippen LogP contribution < -0.4 is 9.47 Å². The van der Waals surface area contributed by atoms with Crippen LogP contribution in [-0.4, -0.2) is 30.3 Å². The lowest BCUT2D eigenvalue weighted by atomic mass is 10.3. The number of phenolic OH excluding ortho intramolecular Hbond substituents is 2. The number of hydrogen-bond acceptors (Lipinski definition) is 8. The van der Waals surface area contributed by atoms with Gasteiger partial charge in [0, 0.05) is 0 Å². The lowest BCUT2D eigenvalue weighted by molar-refractivity contribution is 0.355. The summed E-state index contributed by atoms with van der Waals surface area (Å²) in [5, 5.41) is 28.0. The van der Waals surface area contributed by atoms with E-state index in [1.807, 2.05) is 0 Å². The van der Waals surface area contributed by atoms with Crippen molar-refractivity contribution in [2.24, 2.45) is 0 Å². The molecule has 0 radical (unpaired) electrons. The molecule has 116 valence electrons. The van der Waals surface area contributed by atoms with Gasteiger partial charge in [0.25, 0.3) is 0 Å². The van der Waals surface area contributed by atoms with Gasteiger partial charge in [0.05, 0.1) is 0 Å². The third-order valence-electron chi connectivity index (χ3n) is 2.67. The first kappa shape index (κ1) is 14.4. The van der Waals surface area contributed by atoms with Gasteiger partial charge in [-0.15, -0.1) is 15.0 Å². The van der Waals surface area contributed by atoms with Gasteiger partial charge in [-0.2, -0.15) is 0 Å². The summed E-state index contributed by atoms with van der Waals surface area (Å²) in [6, 6.07) is 10.9. The molecule has 0 saturated carbocycles. The van der Waals surface area contributed by atoms with Crippen molar-refractivity contribution in [1.82, 2.24) is 15.0 Å². The van der Waals surface area contributed by atoms with E-state index in [0.29, 0.717) is 11.5 Å². The highest BCUT2D eigenvalue weighted by Crippen LogP contribution is 2.25. The number of hydrogen-bond donors (Lipinski definition) is 3. The van der Waals surface area contributed by atoms with E-state index < -0.39 is 6.01 Å². The molecule has 0 amide bonds. The second-order valence-corrected chi connectivity index (χ2v) is 4.39. The molecule has 0 unspecified atom stereocenters. The summed E-state index contributed by atoms with van der Waals surface area (Å²) in [7, 11) is 0. The molecule has 1 heterocycles. The lowest BCUT2D eigenvalue weighted by Gasteiger charge is -2.07. The molecule has 0 bridgehead atoms. The summed E-state index contributed by atoms with van der Waals surface area (Å²) >= 11 is 0. The average molecular weight is 313 g/mol. The summed E-state index contributed by atoms with van der Waals surface area (Å²) in [6.07, 6.45) is 0. The van der Waals surface area contributed by atoms with Gasteiger partial charge in [0.2, 0.25) is 0 Å². The van der Waals surface area contributed by atoms with Crippen molar-refractivity contribution in [1.29, 1.82) is 0 Å². The van der Waals surface area contributed by atoms with E-state index in [1.165, 1.54) is 48.5 Å². The number of rotatable bonds is 4. The summed E-state index contributed by atoms with van der Waals surface area (Å²) in [5.41, 5.74) is 0. The second-order valence-electron chi connectivity index (χ2n) is 4.39. The first-order valence-electron chi connectivity index (χ1n) is 6.47. The van der Waals surface area contributed by atoms with Crippen molar-refractivity contribution in [3.8, 4) is 41.0 Å². The predicted molar refractivity (Wildman–Crippen MR) is 77.9 cm³/mol. The summed E-state index contributed by atoms with van der Waals surface area (Å²) in [5.74, 6) is 0.910. The van der Waals surface area contributed by atoms with Crippen LogP contribution in [0.5, 0.6) is 41.0 Å². The first-order chi connectivity index (χ1) is 11.1. The Bertz CT molecular complexity index is 741. The molecule has 8 heteroatoms. The number of ether oxygens (including phenoxy) is 2. The number of benzene rings is 2. The molecule has 3 aromatic rings. The highest BCUT2D eigenvalue weighted by atomic mass is 16.5. The molecule has 1 aromatic heterocycles. The van der Waals surface area contributed by atoms with E-state index in [-0.39, 0.29) is 23.5 Å². The van der Waals surface area contributed by atoms with E-state index in [0.717, 1.165) is 0 Å². The van der Waals surface area contributed by atoms with Gasteiger partial charge >= 0.3 is 18.0 Å². The maximum atomic E-state index is 9.54. The van der Waals surface area contributed by atoms with Gasteiger partial charge in [-0.1, -0.05) is 0 Å². The number of nitrogens with zero attached hydrogens (tertiary/aromatic N) is 3. The largest absolute Gasteiger partial charge is 0.508 e. The lowest BCUT2D eigenvalue weighted by Crippen LogP contribution is -1.98. The van der Waals surface area contributed by atoms with Crippen LogP contribution in [0.4, 0.5) is 0 Å². The molecule has 0 atom stereocenters. The molecule has 8 nitrogen and oxygen atoms in total. The molecule has 0 spiro atoms. The molecule has 3 N–H and O–H groups in total. The fraction of sp³-hybridized carbons (Fsp3) is 0. The van der Waals surface area contributed by atoms with Crippen LogP contribution in [0.2, 0.25) is 0 Å². The molecule has 0 aliphatic rings.